The normalized spacial score (nSPS) is 11.6. The lowest BCUT2D eigenvalue weighted by Gasteiger charge is -1.99. The molecule has 0 saturated carbocycles. The Balaban J connectivity index is 1.85. The van der Waals surface area contributed by atoms with E-state index in [4.69, 9.17) is 0 Å². The predicted molar refractivity (Wildman–Crippen MR) is 91.5 cm³/mol. The third-order valence-electron chi connectivity index (χ3n) is 3.25. The minimum Gasteiger partial charge on any atom is -0.267 e. The van der Waals surface area contributed by atoms with E-state index in [2.05, 4.69) is 23.9 Å². The van der Waals surface area contributed by atoms with Crippen LogP contribution in [0.1, 0.15) is 36.0 Å². The zero-order chi connectivity index (χ0) is 15.5. The van der Waals surface area contributed by atoms with Gasteiger partial charge in [-0.25, -0.2) is 4.98 Å². The molecule has 1 N–H and O–H groups in total. The van der Waals surface area contributed by atoms with Crippen LogP contribution in [0.5, 0.6) is 0 Å². The monoisotopic (exact) mass is 311 g/mol. The molecule has 0 bridgehead atoms. The molecule has 112 valence electrons. The number of nitrogens with one attached hydrogen (secondary N) is 1. The average molecular weight is 311 g/mol. The standard InChI is InChI=1S/C17H17N3OS/c1-12(2)17-18-14(11-22-17)9-8-13-10-20(19-16(13)21)15-6-4-3-5-7-15/h3-12H,1-2H3,(H,19,21)/b9-8+. The second-order valence-electron chi connectivity index (χ2n) is 5.33. The zero-order valence-electron chi connectivity index (χ0n) is 12.5. The smallest absolute Gasteiger partial charge is 0.267 e. The van der Waals surface area contributed by atoms with E-state index < -0.39 is 0 Å². The molecule has 3 rings (SSSR count). The van der Waals surface area contributed by atoms with Gasteiger partial charge in [0.1, 0.15) is 0 Å². The van der Waals surface area contributed by atoms with Crippen LogP contribution in [0.3, 0.4) is 0 Å². The summed E-state index contributed by atoms with van der Waals surface area (Å²) < 4.78 is 1.72. The molecule has 0 aliphatic heterocycles. The fourth-order valence-electron chi connectivity index (χ4n) is 2.07. The van der Waals surface area contributed by atoms with Crippen LogP contribution >= 0.6 is 11.3 Å². The Hall–Kier alpha value is -2.40. The second kappa shape index (κ2) is 6.15. The van der Waals surface area contributed by atoms with E-state index in [0.717, 1.165) is 16.4 Å². The largest absolute Gasteiger partial charge is 0.271 e. The third kappa shape index (κ3) is 3.09. The van der Waals surface area contributed by atoms with Crippen molar-refractivity contribution in [1.82, 2.24) is 14.8 Å². The van der Waals surface area contributed by atoms with Crippen molar-refractivity contribution in [2.75, 3.05) is 0 Å². The number of aromatic nitrogens is 3. The van der Waals surface area contributed by atoms with Crippen molar-refractivity contribution in [2.45, 2.75) is 19.8 Å². The fourth-order valence-corrected chi connectivity index (χ4v) is 2.87. The van der Waals surface area contributed by atoms with Crippen molar-refractivity contribution in [1.29, 1.82) is 0 Å². The number of nitrogens with zero attached hydrogens (tertiary/aromatic N) is 2. The number of H-pyrrole nitrogens is 1. The topological polar surface area (TPSA) is 50.7 Å². The van der Waals surface area contributed by atoms with Gasteiger partial charge >= 0.3 is 0 Å². The summed E-state index contributed by atoms with van der Waals surface area (Å²) in [5.41, 5.74) is 2.32. The van der Waals surface area contributed by atoms with Crippen molar-refractivity contribution in [3.63, 3.8) is 0 Å². The van der Waals surface area contributed by atoms with E-state index in [9.17, 15) is 4.79 Å². The minimum absolute atomic E-state index is 0.112. The molecule has 4 nitrogen and oxygen atoms in total. The molecule has 22 heavy (non-hydrogen) atoms. The molecular weight excluding hydrogens is 294 g/mol. The summed E-state index contributed by atoms with van der Waals surface area (Å²) in [6.07, 6.45) is 5.48. The number of aromatic amines is 1. The van der Waals surface area contributed by atoms with Crippen molar-refractivity contribution in [3.05, 3.63) is 68.5 Å². The number of rotatable bonds is 4. The maximum Gasteiger partial charge on any atom is 0.271 e. The van der Waals surface area contributed by atoms with E-state index in [1.54, 1.807) is 28.3 Å². The first-order valence-corrected chi connectivity index (χ1v) is 8.02. The molecule has 0 aliphatic rings. The Labute approximate surface area is 132 Å². The first kappa shape index (κ1) is 14.5. The van der Waals surface area contributed by atoms with Crippen LogP contribution in [0.15, 0.2) is 46.7 Å². The maximum atomic E-state index is 12.0. The van der Waals surface area contributed by atoms with Crippen molar-refractivity contribution in [3.8, 4) is 5.69 Å². The Bertz CT molecular complexity index is 840. The molecule has 5 heteroatoms. The lowest BCUT2D eigenvalue weighted by atomic mass is 10.2. The van der Waals surface area contributed by atoms with Crippen LogP contribution in [0.2, 0.25) is 0 Å². The summed E-state index contributed by atoms with van der Waals surface area (Å²) in [5, 5.41) is 5.93. The number of hydrogen-bond donors (Lipinski definition) is 1. The zero-order valence-corrected chi connectivity index (χ0v) is 13.3. The average Bonchev–Trinajstić information content (AvgIpc) is 3.13. The van der Waals surface area contributed by atoms with Gasteiger partial charge in [-0.3, -0.25) is 14.6 Å². The van der Waals surface area contributed by atoms with E-state index >= 15 is 0 Å². The van der Waals surface area contributed by atoms with E-state index in [1.165, 1.54) is 0 Å². The molecule has 0 unspecified atom stereocenters. The van der Waals surface area contributed by atoms with Gasteiger partial charge in [-0.05, 0) is 24.3 Å². The van der Waals surface area contributed by atoms with Gasteiger partial charge < -0.3 is 0 Å². The van der Waals surface area contributed by atoms with Gasteiger partial charge in [-0.15, -0.1) is 11.3 Å². The van der Waals surface area contributed by atoms with E-state index in [0.29, 0.717) is 11.5 Å². The first-order chi connectivity index (χ1) is 10.6. The highest BCUT2D eigenvalue weighted by atomic mass is 32.1. The fraction of sp³-hybridized carbons (Fsp3) is 0.176. The van der Waals surface area contributed by atoms with E-state index in [-0.39, 0.29) is 5.56 Å². The molecule has 0 spiro atoms. The van der Waals surface area contributed by atoms with Crippen LogP contribution in [0.25, 0.3) is 17.8 Å². The molecule has 2 aromatic heterocycles. The van der Waals surface area contributed by atoms with Gasteiger partial charge in [-0.2, -0.15) is 0 Å². The Kier molecular flexibility index (Phi) is 4.06. The number of thiazole rings is 1. The summed E-state index contributed by atoms with van der Waals surface area (Å²) in [6.45, 7) is 4.24. The predicted octanol–water partition coefficient (Wildman–Crippen LogP) is 3.92. The van der Waals surface area contributed by atoms with Gasteiger partial charge in [0.05, 0.1) is 22.0 Å². The lowest BCUT2D eigenvalue weighted by molar-refractivity contribution is 0.851. The third-order valence-corrected chi connectivity index (χ3v) is 4.42. The molecule has 1 aromatic carbocycles. The van der Waals surface area contributed by atoms with Crippen LogP contribution in [-0.4, -0.2) is 14.8 Å². The quantitative estimate of drug-likeness (QED) is 0.794. The SMILES string of the molecule is CC(C)c1nc(/C=C/c2cn(-c3ccccc3)[nH]c2=O)cs1. The number of benzene rings is 1. The highest BCUT2D eigenvalue weighted by Gasteiger charge is 2.05. The van der Waals surface area contributed by atoms with Crippen LogP contribution in [-0.2, 0) is 0 Å². The van der Waals surface area contributed by atoms with Gasteiger partial charge in [0, 0.05) is 17.5 Å². The summed E-state index contributed by atoms with van der Waals surface area (Å²) in [5.74, 6) is 0.426. The number of para-hydroxylation sites is 1. The van der Waals surface area contributed by atoms with Gasteiger partial charge in [0.15, 0.2) is 0 Å². The molecule has 2 heterocycles. The molecule has 0 aliphatic carbocycles. The molecule has 0 amide bonds. The summed E-state index contributed by atoms with van der Waals surface area (Å²) in [4.78, 5) is 16.5. The molecule has 3 aromatic rings. The maximum absolute atomic E-state index is 12.0. The van der Waals surface area contributed by atoms with Crippen molar-refractivity contribution < 1.29 is 0 Å². The summed E-state index contributed by atoms with van der Waals surface area (Å²) >= 11 is 1.65. The molecule has 0 saturated heterocycles. The highest BCUT2D eigenvalue weighted by Crippen LogP contribution is 2.20. The van der Waals surface area contributed by atoms with Gasteiger partial charge in [0.2, 0.25) is 0 Å². The minimum atomic E-state index is -0.112. The van der Waals surface area contributed by atoms with E-state index in [1.807, 2.05) is 41.8 Å². The molecule has 0 fully saturated rings. The summed E-state index contributed by atoms with van der Waals surface area (Å²) in [7, 11) is 0. The Morgan fingerprint density at radius 2 is 2.00 bits per heavy atom. The number of hydrogen-bond acceptors (Lipinski definition) is 3. The Morgan fingerprint density at radius 3 is 2.68 bits per heavy atom. The summed E-state index contributed by atoms with van der Waals surface area (Å²) in [6, 6.07) is 9.70. The molecule has 0 atom stereocenters. The molecular formula is C17H17N3OS. The van der Waals surface area contributed by atoms with Crippen LogP contribution in [0, 0.1) is 0 Å². The highest BCUT2D eigenvalue weighted by molar-refractivity contribution is 7.09. The van der Waals surface area contributed by atoms with Gasteiger partial charge in [-0.1, -0.05) is 32.0 Å². The van der Waals surface area contributed by atoms with Crippen molar-refractivity contribution in [2.24, 2.45) is 0 Å². The second-order valence-corrected chi connectivity index (χ2v) is 6.22. The van der Waals surface area contributed by atoms with Crippen molar-refractivity contribution >= 4 is 23.5 Å². The van der Waals surface area contributed by atoms with Crippen LogP contribution < -0.4 is 5.56 Å². The van der Waals surface area contributed by atoms with Gasteiger partial charge in [0.25, 0.3) is 5.56 Å². The van der Waals surface area contributed by atoms with Crippen LogP contribution in [0.4, 0.5) is 0 Å². The Morgan fingerprint density at radius 1 is 1.23 bits per heavy atom. The molecule has 0 radical (unpaired) electrons. The lowest BCUT2D eigenvalue weighted by Crippen LogP contribution is -2.04. The first-order valence-electron chi connectivity index (χ1n) is 7.14.